The highest BCUT2D eigenvalue weighted by molar-refractivity contribution is 8.05. The molecule has 0 fully saturated rings. The van der Waals surface area contributed by atoms with Gasteiger partial charge in [-0.2, -0.15) is 21.8 Å². The molecule has 1 aromatic rings. The first-order valence-electron chi connectivity index (χ1n) is 7.60. The van der Waals surface area contributed by atoms with Crippen LogP contribution in [0, 0.1) is 5.92 Å². The van der Waals surface area contributed by atoms with Crippen molar-refractivity contribution in [2.45, 2.75) is 16.5 Å². The van der Waals surface area contributed by atoms with E-state index in [0.717, 1.165) is 0 Å². The number of thiocarbonyl (C=S) groups is 2. The lowest BCUT2D eigenvalue weighted by atomic mass is 9.91. The molecular weight excluding hydrogens is 444 g/mol. The molecule has 0 aromatic heterocycles. The standard InChI is InChI=1S/C16H14N2O6S4/c19-27(20,21)16(28(22,23)24)9-15(18-11-26)8-5-13(16)4-1-12-2-6-14(7-3-12)17-10-25/h1-8,13,15H,9H2,(H,19,20,21)(H,22,23,24). The molecule has 1 aliphatic carbocycles. The second-order valence-electron chi connectivity index (χ2n) is 5.82. The third-order valence-corrected chi connectivity index (χ3v) is 8.28. The van der Waals surface area contributed by atoms with E-state index in [4.69, 9.17) is 0 Å². The first-order valence-corrected chi connectivity index (χ1v) is 11.3. The Balaban J connectivity index is 2.56. The van der Waals surface area contributed by atoms with Gasteiger partial charge in [0.1, 0.15) is 0 Å². The van der Waals surface area contributed by atoms with Crippen LogP contribution in [0.4, 0.5) is 5.69 Å². The van der Waals surface area contributed by atoms with Crippen LogP contribution in [0.1, 0.15) is 12.0 Å². The van der Waals surface area contributed by atoms with Crippen LogP contribution in [0.25, 0.3) is 6.08 Å². The number of isothiocyanates is 2. The molecule has 2 N–H and O–H groups in total. The Morgan fingerprint density at radius 3 is 2.14 bits per heavy atom. The van der Waals surface area contributed by atoms with Gasteiger partial charge in [0.25, 0.3) is 20.2 Å². The molecule has 0 saturated carbocycles. The van der Waals surface area contributed by atoms with Crippen molar-refractivity contribution in [3.8, 4) is 0 Å². The molecule has 148 valence electrons. The van der Waals surface area contributed by atoms with Crippen LogP contribution in [-0.4, -0.2) is 46.4 Å². The molecule has 2 rings (SSSR count). The van der Waals surface area contributed by atoms with Crippen molar-refractivity contribution in [2.75, 3.05) is 0 Å². The summed E-state index contributed by atoms with van der Waals surface area (Å²) in [7, 11) is -10.5. The number of benzene rings is 1. The highest BCUT2D eigenvalue weighted by Gasteiger charge is 2.60. The lowest BCUT2D eigenvalue weighted by Gasteiger charge is -2.36. The molecule has 0 bridgehead atoms. The fraction of sp³-hybridized carbons (Fsp3) is 0.250. The number of hydrogen-bond acceptors (Lipinski definition) is 8. The van der Waals surface area contributed by atoms with Gasteiger partial charge in [0.05, 0.1) is 22.1 Å². The van der Waals surface area contributed by atoms with E-state index < -0.39 is 42.7 Å². The second-order valence-corrected chi connectivity index (χ2v) is 9.80. The monoisotopic (exact) mass is 458 g/mol. The molecule has 0 spiro atoms. The van der Waals surface area contributed by atoms with Gasteiger partial charge in [-0.15, -0.1) is 0 Å². The minimum Gasteiger partial charge on any atom is -0.284 e. The van der Waals surface area contributed by atoms with Crippen molar-refractivity contribution in [3.63, 3.8) is 0 Å². The van der Waals surface area contributed by atoms with Gasteiger partial charge >= 0.3 is 0 Å². The van der Waals surface area contributed by atoms with Crippen LogP contribution >= 0.6 is 24.4 Å². The lowest BCUT2D eigenvalue weighted by Crippen LogP contribution is -2.54. The second kappa shape index (κ2) is 8.64. The van der Waals surface area contributed by atoms with Gasteiger partial charge in [-0.05, 0) is 42.1 Å². The van der Waals surface area contributed by atoms with Crippen LogP contribution in [0.3, 0.4) is 0 Å². The fourth-order valence-electron chi connectivity index (χ4n) is 2.87. The zero-order valence-electron chi connectivity index (χ0n) is 14.0. The quantitative estimate of drug-likeness (QED) is 0.288. The van der Waals surface area contributed by atoms with Crippen molar-refractivity contribution < 1.29 is 25.9 Å². The van der Waals surface area contributed by atoms with E-state index in [1.165, 1.54) is 24.3 Å². The molecule has 2 atom stereocenters. The Hall–Kier alpha value is -1.88. The van der Waals surface area contributed by atoms with Gasteiger partial charge in [0.2, 0.25) is 4.08 Å². The average molecular weight is 459 g/mol. The maximum atomic E-state index is 12.1. The summed E-state index contributed by atoms with van der Waals surface area (Å²) >= 11 is 8.97. The van der Waals surface area contributed by atoms with Crippen molar-refractivity contribution in [2.24, 2.45) is 15.9 Å². The predicted molar refractivity (Wildman–Crippen MR) is 112 cm³/mol. The summed E-state index contributed by atoms with van der Waals surface area (Å²) in [5, 5.41) is 4.25. The van der Waals surface area contributed by atoms with Crippen molar-refractivity contribution in [1.82, 2.24) is 0 Å². The van der Waals surface area contributed by atoms with E-state index in [-0.39, 0.29) is 0 Å². The molecule has 0 saturated heterocycles. The minimum absolute atomic E-state index is 0.552. The Kier molecular flexibility index (Phi) is 6.92. The molecule has 2 unspecified atom stereocenters. The third kappa shape index (κ3) is 4.57. The molecule has 1 aliphatic rings. The Bertz CT molecular complexity index is 1080. The SMILES string of the molecule is O=S(=O)(O)C1(S(=O)(=O)O)CC(N=C=S)C=CC1C=Cc1ccc(N=C=S)cc1. The summed E-state index contributed by atoms with van der Waals surface area (Å²) in [4.78, 5) is 7.45. The summed E-state index contributed by atoms with van der Waals surface area (Å²) in [6.45, 7) is 0. The van der Waals surface area contributed by atoms with Crippen LogP contribution in [0.15, 0.2) is 52.5 Å². The summed E-state index contributed by atoms with van der Waals surface area (Å²) in [5.41, 5.74) is 1.14. The maximum absolute atomic E-state index is 12.1. The van der Waals surface area contributed by atoms with Crippen molar-refractivity contribution >= 4 is 66.8 Å². The average Bonchev–Trinajstić information content (AvgIpc) is 2.60. The van der Waals surface area contributed by atoms with Crippen LogP contribution in [0.2, 0.25) is 0 Å². The molecule has 1 aromatic carbocycles. The number of allylic oxidation sites excluding steroid dienone is 2. The number of aliphatic imine (C=N–C) groups is 2. The number of nitrogens with zero attached hydrogens (tertiary/aromatic N) is 2. The molecule has 8 nitrogen and oxygen atoms in total. The first kappa shape index (κ1) is 22.4. The van der Waals surface area contributed by atoms with E-state index in [0.29, 0.717) is 11.3 Å². The highest BCUT2D eigenvalue weighted by atomic mass is 32.3. The summed E-state index contributed by atoms with van der Waals surface area (Å²) in [5.74, 6) is -1.38. The van der Waals surface area contributed by atoms with E-state index >= 15 is 0 Å². The van der Waals surface area contributed by atoms with E-state index in [2.05, 4.69) is 39.6 Å². The zero-order chi connectivity index (χ0) is 21.0. The first-order chi connectivity index (χ1) is 13.0. The fourth-order valence-corrected chi connectivity index (χ4v) is 5.94. The van der Waals surface area contributed by atoms with Gasteiger partial charge in [-0.25, -0.2) is 4.99 Å². The van der Waals surface area contributed by atoms with E-state index in [9.17, 15) is 25.9 Å². The van der Waals surface area contributed by atoms with E-state index in [1.807, 2.05) is 5.16 Å². The number of rotatable bonds is 6. The number of hydrogen-bond donors (Lipinski definition) is 2. The minimum atomic E-state index is -5.26. The van der Waals surface area contributed by atoms with Gasteiger partial charge in [0.15, 0.2) is 0 Å². The summed E-state index contributed by atoms with van der Waals surface area (Å²) in [6, 6.07) is 5.53. The van der Waals surface area contributed by atoms with Gasteiger partial charge < -0.3 is 0 Å². The Morgan fingerprint density at radius 2 is 1.64 bits per heavy atom. The normalized spacial score (nSPS) is 21.6. The van der Waals surface area contributed by atoms with Crippen molar-refractivity contribution in [1.29, 1.82) is 0 Å². The van der Waals surface area contributed by atoms with Crippen LogP contribution in [0.5, 0.6) is 0 Å². The van der Waals surface area contributed by atoms with Crippen molar-refractivity contribution in [3.05, 3.63) is 48.1 Å². The van der Waals surface area contributed by atoms with Crippen LogP contribution < -0.4 is 0 Å². The Morgan fingerprint density at radius 1 is 1.04 bits per heavy atom. The summed E-state index contributed by atoms with van der Waals surface area (Å²) < 4.78 is 64.8. The zero-order valence-corrected chi connectivity index (χ0v) is 17.3. The van der Waals surface area contributed by atoms with Gasteiger partial charge in [0, 0.05) is 12.3 Å². The molecule has 28 heavy (non-hydrogen) atoms. The van der Waals surface area contributed by atoms with Crippen LogP contribution in [-0.2, 0) is 20.2 Å². The van der Waals surface area contributed by atoms with E-state index in [1.54, 1.807) is 24.3 Å². The predicted octanol–water partition coefficient (Wildman–Crippen LogP) is 2.95. The smallest absolute Gasteiger partial charge is 0.284 e. The van der Waals surface area contributed by atoms with Gasteiger partial charge in [-0.1, -0.05) is 36.4 Å². The molecule has 0 heterocycles. The Labute approximate surface area is 172 Å². The summed E-state index contributed by atoms with van der Waals surface area (Å²) in [6.07, 6.45) is 4.65. The molecule has 0 radical (unpaired) electrons. The molecular formula is C16H14N2O6S4. The largest absolute Gasteiger partial charge is 0.288 e. The molecule has 0 aliphatic heterocycles. The maximum Gasteiger partial charge on any atom is 0.288 e. The third-order valence-electron chi connectivity index (χ3n) is 4.20. The van der Waals surface area contributed by atoms with Gasteiger partial charge in [-0.3, -0.25) is 9.11 Å². The topological polar surface area (TPSA) is 133 Å². The lowest BCUT2D eigenvalue weighted by molar-refractivity contribution is 0.381. The molecule has 12 heteroatoms. The molecule has 0 amide bonds. The highest BCUT2D eigenvalue weighted by Crippen LogP contribution is 2.42.